The van der Waals surface area contributed by atoms with Crippen molar-refractivity contribution in [1.82, 2.24) is 4.98 Å². The van der Waals surface area contributed by atoms with Gasteiger partial charge in [-0.2, -0.15) is 0 Å². The molecule has 96 valence electrons. The Labute approximate surface area is 99.1 Å². The number of nitrogens with two attached hydrogens (primary N) is 1. The summed E-state index contributed by atoms with van der Waals surface area (Å²) in [7, 11) is 0. The van der Waals surface area contributed by atoms with Crippen LogP contribution in [0.4, 0.5) is 14.6 Å². The Bertz CT molecular complexity index is 361. The quantitative estimate of drug-likeness (QED) is 0.782. The number of aromatic nitrogens is 1. The second-order valence-electron chi connectivity index (χ2n) is 3.75. The van der Waals surface area contributed by atoms with Gasteiger partial charge in [0.05, 0.1) is 13.2 Å². The van der Waals surface area contributed by atoms with Crippen molar-refractivity contribution in [3.05, 3.63) is 23.4 Å². The smallest absolute Gasteiger partial charge is 0.255 e. The molecular weight excluding hydrogens is 228 g/mol. The van der Waals surface area contributed by atoms with E-state index in [-0.39, 0.29) is 13.2 Å². The van der Waals surface area contributed by atoms with E-state index in [1.807, 2.05) is 6.07 Å². The third-order valence-corrected chi connectivity index (χ3v) is 2.37. The van der Waals surface area contributed by atoms with Crippen LogP contribution in [0.3, 0.4) is 0 Å². The van der Waals surface area contributed by atoms with Crippen molar-refractivity contribution >= 4 is 5.82 Å². The molecule has 17 heavy (non-hydrogen) atoms. The van der Waals surface area contributed by atoms with Gasteiger partial charge in [0.2, 0.25) is 0 Å². The minimum atomic E-state index is -2.46. The van der Waals surface area contributed by atoms with Crippen LogP contribution >= 0.6 is 0 Å². The highest BCUT2D eigenvalue weighted by Gasteiger charge is 2.15. The lowest BCUT2D eigenvalue weighted by Crippen LogP contribution is -2.32. The molecule has 1 heterocycles. The highest BCUT2D eigenvalue weighted by molar-refractivity contribution is 5.47. The fourth-order valence-electron chi connectivity index (χ4n) is 1.64. The number of hydrogen-bond donors (Lipinski definition) is 2. The van der Waals surface area contributed by atoms with Crippen LogP contribution in [0.15, 0.2) is 12.3 Å². The minimum absolute atomic E-state index is 0.139. The predicted octanol–water partition coefficient (Wildman–Crippen LogP) is 0.913. The summed E-state index contributed by atoms with van der Waals surface area (Å²) in [5.41, 5.74) is 7.10. The Kier molecular flexibility index (Phi) is 5.24. The van der Waals surface area contributed by atoms with Crippen LogP contribution in [0, 0.1) is 6.92 Å². The Morgan fingerprint density at radius 1 is 1.53 bits per heavy atom. The number of pyridine rings is 1. The Morgan fingerprint density at radius 2 is 2.24 bits per heavy atom. The molecule has 4 nitrogen and oxygen atoms in total. The molecule has 0 amide bonds. The van der Waals surface area contributed by atoms with E-state index in [9.17, 15) is 8.78 Å². The number of aliphatic hydroxyl groups excluding tert-OH is 1. The molecule has 0 aliphatic heterocycles. The van der Waals surface area contributed by atoms with Gasteiger partial charge in [0.25, 0.3) is 6.43 Å². The van der Waals surface area contributed by atoms with E-state index in [1.54, 1.807) is 13.1 Å². The van der Waals surface area contributed by atoms with Crippen molar-refractivity contribution < 1.29 is 13.9 Å². The van der Waals surface area contributed by atoms with Crippen LogP contribution in [-0.2, 0) is 6.54 Å². The van der Waals surface area contributed by atoms with Crippen molar-refractivity contribution in [2.75, 3.05) is 24.6 Å². The molecule has 0 radical (unpaired) electrons. The van der Waals surface area contributed by atoms with Crippen LogP contribution in [0.1, 0.15) is 11.1 Å². The molecular formula is C11H17F2N3O. The van der Waals surface area contributed by atoms with E-state index in [4.69, 9.17) is 10.8 Å². The predicted molar refractivity (Wildman–Crippen MR) is 62.2 cm³/mol. The molecule has 0 fully saturated rings. The highest BCUT2D eigenvalue weighted by atomic mass is 19.3. The maximum atomic E-state index is 12.4. The van der Waals surface area contributed by atoms with Crippen LogP contribution < -0.4 is 10.6 Å². The van der Waals surface area contributed by atoms with Crippen LogP contribution in [0.2, 0.25) is 0 Å². The lowest BCUT2D eigenvalue weighted by molar-refractivity contribution is 0.152. The molecule has 6 heteroatoms. The maximum absolute atomic E-state index is 12.4. The van der Waals surface area contributed by atoms with Crippen molar-refractivity contribution in [2.45, 2.75) is 19.9 Å². The molecule has 0 bridgehead atoms. The monoisotopic (exact) mass is 245 g/mol. The third-order valence-electron chi connectivity index (χ3n) is 2.37. The van der Waals surface area contributed by atoms with Crippen molar-refractivity contribution in [3.63, 3.8) is 0 Å². The van der Waals surface area contributed by atoms with E-state index in [0.29, 0.717) is 12.4 Å². The Balaban J connectivity index is 2.93. The first-order valence-corrected chi connectivity index (χ1v) is 5.38. The fourth-order valence-corrected chi connectivity index (χ4v) is 1.64. The minimum Gasteiger partial charge on any atom is -0.395 e. The zero-order valence-electron chi connectivity index (χ0n) is 9.74. The number of aliphatic hydroxyl groups is 1. The van der Waals surface area contributed by atoms with Crippen molar-refractivity contribution in [1.29, 1.82) is 0 Å². The molecule has 0 atom stereocenters. The summed E-state index contributed by atoms with van der Waals surface area (Å²) in [6, 6.07) is 1.82. The summed E-state index contributed by atoms with van der Waals surface area (Å²) in [5, 5.41) is 8.87. The van der Waals surface area contributed by atoms with Gasteiger partial charge in [0, 0.05) is 19.3 Å². The summed E-state index contributed by atoms with van der Waals surface area (Å²) in [4.78, 5) is 5.50. The summed E-state index contributed by atoms with van der Waals surface area (Å²) < 4.78 is 24.8. The van der Waals surface area contributed by atoms with E-state index in [1.165, 1.54) is 4.90 Å². The SMILES string of the molecule is Cc1cc(CN)cnc1N(CCO)CC(F)F. The number of hydrogen-bond acceptors (Lipinski definition) is 4. The van der Waals surface area contributed by atoms with Gasteiger partial charge < -0.3 is 15.7 Å². The molecule has 0 aliphatic carbocycles. The van der Waals surface area contributed by atoms with Gasteiger partial charge >= 0.3 is 0 Å². The lowest BCUT2D eigenvalue weighted by atomic mass is 10.2. The second-order valence-corrected chi connectivity index (χ2v) is 3.75. The van der Waals surface area contributed by atoms with E-state index in [0.717, 1.165) is 11.1 Å². The van der Waals surface area contributed by atoms with E-state index < -0.39 is 13.0 Å². The molecule has 0 unspecified atom stereocenters. The molecule has 0 spiro atoms. The summed E-state index contributed by atoms with van der Waals surface area (Å²) in [5.74, 6) is 0.469. The van der Waals surface area contributed by atoms with Gasteiger partial charge in [0.1, 0.15) is 5.82 Å². The van der Waals surface area contributed by atoms with Crippen LogP contribution in [0.25, 0.3) is 0 Å². The lowest BCUT2D eigenvalue weighted by Gasteiger charge is -2.24. The molecule has 1 aromatic heterocycles. The zero-order valence-corrected chi connectivity index (χ0v) is 9.74. The van der Waals surface area contributed by atoms with E-state index >= 15 is 0 Å². The number of anilines is 1. The van der Waals surface area contributed by atoms with Gasteiger partial charge in [-0.05, 0) is 24.1 Å². The maximum Gasteiger partial charge on any atom is 0.255 e. The van der Waals surface area contributed by atoms with Crippen LogP contribution in [0.5, 0.6) is 0 Å². The molecule has 0 saturated heterocycles. The molecule has 1 aromatic rings. The van der Waals surface area contributed by atoms with Gasteiger partial charge in [0.15, 0.2) is 0 Å². The van der Waals surface area contributed by atoms with E-state index in [2.05, 4.69) is 4.98 Å². The molecule has 0 aliphatic rings. The Hall–Kier alpha value is -1.27. The van der Waals surface area contributed by atoms with Crippen molar-refractivity contribution in [2.24, 2.45) is 5.73 Å². The standard InChI is InChI=1S/C11H17F2N3O/c1-8-4-9(5-14)6-15-11(8)16(2-3-17)7-10(12)13/h4,6,10,17H,2-3,5,7,14H2,1H3. The van der Waals surface area contributed by atoms with Gasteiger partial charge in [-0.3, -0.25) is 0 Å². The van der Waals surface area contributed by atoms with Gasteiger partial charge in [-0.25, -0.2) is 13.8 Å². The summed E-state index contributed by atoms with van der Waals surface area (Å²) in [6.45, 7) is 1.67. The molecule has 0 saturated carbocycles. The zero-order chi connectivity index (χ0) is 12.8. The number of rotatable bonds is 6. The molecule has 0 aromatic carbocycles. The first-order valence-electron chi connectivity index (χ1n) is 5.38. The fraction of sp³-hybridized carbons (Fsp3) is 0.545. The molecule has 3 N–H and O–H groups in total. The molecule has 1 rings (SSSR count). The first kappa shape index (κ1) is 13.8. The number of alkyl halides is 2. The van der Waals surface area contributed by atoms with Gasteiger partial charge in [-0.1, -0.05) is 0 Å². The topological polar surface area (TPSA) is 62.4 Å². The number of halogens is 2. The summed E-state index contributed by atoms with van der Waals surface area (Å²) >= 11 is 0. The second kappa shape index (κ2) is 6.46. The normalized spacial score (nSPS) is 10.9. The summed E-state index contributed by atoms with van der Waals surface area (Å²) in [6.07, 6.45) is -0.894. The average molecular weight is 245 g/mol. The first-order chi connectivity index (χ1) is 8.08. The Morgan fingerprint density at radius 3 is 2.71 bits per heavy atom. The third kappa shape index (κ3) is 3.90. The largest absolute Gasteiger partial charge is 0.395 e. The van der Waals surface area contributed by atoms with Gasteiger partial charge in [-0.15, -0.1) is 0 Å². The van der Waals surface area contributed by atoms with Crippen molar-refractivity contribution in [3.8, 4) is 0 Å². The van der Waals surface area contributed by atoms with Crippen LogP contribution in [-0.4, -0.2) is 36.2 Å². The number of aryl methyl sites for hydroxylation is 1. The average Bonchev–Trinajstić information content (AvgIpc) is 2.27. The highest BCUT2D eigenvalue weighted by Crippen LogP contribution is 2.18. The number of nitrogens with zero attached hydrogens (tertiary/aromatic N) is 2.